The lowest BCUT2D eigenvalue weighted by Crippen LogP contribution is -1.84. The minimum atomic E-state index is -0.156. The van der Waals surface area contributed by atoms with Crippen LogP contribution in [0.25, 0.3) is 39.9 Å². The van der Waals surface area contributed by atoms with Gasteiger partial charge >= 0.3 is 0 Å². The number of aryl methyl sites for hydroxylation is 1. The number of nitrogens with zero attached hydrogens (tertiary/aromatic N) is 7. The number of aliphatic imine (C=N–C) groups is 2. The van der Waals surface area contributed by atoms with Crippen LogP contribution in [0, 0.1) is 45.3 Å². The molecule has 0 atom stereocenters. The summed E-state index contributed by atoms with van der Waals surface area (Å²) in [5, 5.41) is 37.0. The normalized spacial score (nSPS) is 10.4. The van der Waals surface area contributed by atoms with E-state index in [1.807, 2.05) is 31.3 Å². The molecule has 5 heterocycles. The SMILES string of the molecule is Cn1c2cc(-c3ccc(N=C(C#N)C#N)s3)sc2c2sc(-c3ccc(N=C(C#N)C#N)s3)cc21. The highest BCUT2D eigenvalue weighted by atomic mass is 32.1. The molecule has 0 aliphatic rings. The molecule has 160 valence electrons. The van der Waals surface area contributed by atoms with E-state index in [4.69, 9.17) is 21.0 Å². The third kappa shape index (κ3) is 3.70. The highest BCUT2D eigenvalue weighted by Crippen LogP contribution is 2.47. The highest BCUT2D eigenvalue weighted by Gasteiger charge is 2.18. The zero-order valence-electron chi connectivity index (χ0n) is 17.2. The molecule has 0 amide bonds. The summed E-state index contributed by atoms with van der Waals surface area (Å²) in [6.07, 6.45) is 0. The van der Waals surface area contributed by atoms with Crippen LogP contribution in [0.5, 0.6) is 0 Å². The Morgan fingerprint density at radius 2 is 1.06 bits per heavy atom. The van der Waals surface area contributed by atoms with Crippen molar-refractivity contribution in [3.63, 3.8) is 0 Å². The van der Waals surface area contributed by atoms with Crippen molar-refractivity contribution in [3.05, 3.63) is 36.4 Å². The molecular weight excluding hydrogens is 503 g/mol. The molecule has 5 aromatic rings. The molecule has 0 saturated heterocycles. The van der Waals surface area contributed by atoms with Crippen molar-refractivity contribution in [1.29, 1.82) is 21.0 Å². The van der Waals surface area contributed by atoms with E-state index >= 15 is 0 Å². The summed E-state index contributed by atoms with van der Waals surface area (Å²) >= 11 is 6.30. The van der Waals surface area contributed by atoms with Crippen molar-refractivity contribution in [1.82, 2.24) is 4.57 Å². The Bertz CT molecular complexity index is 1660. The maximum Gasteiger partial charge on any atom is 0.219 e. The Morgan fingerprint density at radius 1 is 0.647 bits per heavy atom. The standard InChI is InChI=1S/C23H9N7S4/c1-30-14-6-18(16-2-4-20(31-16)28-12(8-24)9-25)33-22(14)23-15(30)7-19(34-23)17-3-5-21(32-17)29-13(10-26)11-27/h2-7H,1H3. The second kappa shape index (κ2) is 8.68. The van der Waals surface area contributed by atoms with Gasteiger partial charge in [0.1, 0.15) is 34.3 Å². The molecule has 7 nitrogen and oxygen atoms in total. The van der Waals surface area contributed by atoms with Crippen LogP contribution >= 0.6 is 45.3 Å². The van der Waals surface area contributed by atoms with E-state index in [9.17, 15) is 0 Å². The van der Waals surface area contributed by atoms with Crippen molar-refractivity contribution in [2.45, 2.75) is 0 Å². The van der Waals surface area contributed by atoms with Crippen molar-refractivity contribution >= 4 is 87.2 Å². The van der Waals surface area contributed by atoms with Crippen molar-refractivity contribution in [3.8, 4) is 43.8 Å². The molecular formula is C23H9N7S4. The summed E-state index contributed by atoms with van der Waals surface area (Å²) < 4.78 is 4.57. The fourth-order valence-corrected chi connectivity index (χ4v) is 7.82. The van der Waals surface area contributed by atoms with Gasteiger partial charge in [-0.1, -0.05) is 0 Å². The Balaban J connectivity index is 1.53. The molecule has 0 fully saturated rings. The maximum absolute atomic E-state index is 8.93. The molecule has 0 saturated carbocycles. The van der Waals surface area contributed by atoms with Crippen molar-refractivity contribution < 1.29 is 0 Å². The van der Waals surface area contributed by atoms with Gasteiger partial charge in [-0.2, -0.15) is 21.0 Å². The Kier molecular flexibility index (Phi) is 5.55. The van der Waals surface area contributed by atoms with Crippen LogP contribution in [-0.4, -0.2) is 16.0 Å². The molecule has 34 heavy (non-hydrogen) atoms. The molecule has 0 aliphatic heterocycles. The van der Waals surface area contributed by atoms with E-state index in [1.54, 1.807) is 47.0 Å². The minimum absolute atomic E-state index is 0.156. The first-order valence-corrected chi connectivity index (χ1v) is 12.8. The van der Waals surface area contributed by atoms with E-state index < -0.39 is 0 Å². The monoisotopic (exact) mass is 511 g/mol. The molecule has 0 aliphatic carbocycles. The average Bonchev–Trinajstić information content (AvgIpc) is 3.66. The fraction of sp³-hybridized carbons (Fsp3) is 0.0435. The van der Waals surface area contributed by atoms with Crippen LogP contribution < -0.4 is 0 Å². The van der Waals surface area contributed by atoms with E-state index in [0.29, 0.717) is 10.0 Å². The van der Waals surface area contributed by atoms with Crippen LogP contribution in [-0.2, 0) is 7.05 Å². The van der Waals surface area contributed by atoms with Gasteiger partial charge in [0.05, 0.1) is 20.4 Å². The third-order valence-electron chi connectivity index (χ3n) is 4.89. The molecule has 11 heteroatoms. The number of rotatable bonds is 4. The van der Waals surface area contributed by atoms with Crippen LogP contribution in [0.15, 0.2) is 46.4 Å². The molecule has 0 unspecified atom stereocenters. The summed E-state index contributed by atoms with van der Waals surface area (Å²) in [7, 11) is 2.05. The highest BCUT2D eigenvalue weighted by molar-refractivity contribution is 7.33. The van der Waals surface area contributed by atoms with E-state index in [0.717, 1.165) is 30.5 Å². The summed E-state index contributed by atoms with van der Waals surface area (Å²) in [5.41, 5.74) is 1.98. The zero-order valence-corrected chi connectivity index (χ0v) is 20.5. The Labute approximate surface area is 209 Å². The van der Waals surface area contributed by atoms with Crippen LogP contribution in [0.3, 0.4) is 0 Å². The van der Waals surface area contributed by atoms with Crippen LogP contribution in [0.2, 0.25) is 0 Å². The predicted octanol–water partition coefficient (Wildman–Crippen LogP) is 7.15. The fourth-order valence-electron chi connectivity index (χ4n) is 3.37. The molecule has 0 bridgehead atoms. The number of nitriles is 4. The van der Waals surface area contributed by atoms with Crippen molar-refractivity contribution in [2.24, 2.45) is 17.0 Å². The number of hydrogen-bond acceptors (Lipinski definition) is 10. The van der Waals surface area contributed by atoms with E-state index in [1.165, 1.54) is 32.1 Å². The van der Waals surface area contributed by atoms with E-state index in [2.05, 4.69) is 26.7 Å². The molecule has 0 N–H and O–H groups in total. The largest absolute Gasteiger partial charge is 0.342 e. The van der Waals surface area contributed by atoms with Gasteiger partial charge in [0, 0.05) is 26.6 Å². The smallest absolute Gasteiger partial charge is 0.219 e. The molecule has 5 rings (SSSR count). The lowest BCUT2D eigenvalue weighted by atomic mass is 10.3. The summed E-state index contributed by atoms with van der Waals surface area (Å²) in [6.45, 7) is 0. The van der Waals surface area contributed by atoms with Gasteiger partial charge in [-0.25, -0.2) is 9.98 Å². The molecule has 5 aromatic heterocycles. The second-order valence-corrected chi connectivity index (χ2v) is 11.1. The second-order valence-electron chi connectivity index (χ2n) is 6.85. The summed E-state index contributed by atoms with van der Waals surface area (Å²) in [4.78, 5) is 12.5. The molecule has 0 spiro atoms. The van der Waals surface area contributed by atoms with Gasteiger partial charge in [-0.3, -0.25) is 0 Å². The summed E-state index contributed by atoms with van der Waals surface area (Å²) in [6, 6.07) is 19.0. The average molecular weight is 512 g/mol. The van der Waals surface area contributed by atoms with Gasteiger partial charge < -0.3 is 4.57 Å². The lowest BCUT2D eigenvalue weighted by molar-refractivity contribution is 1.02. The number of thiophene rings is 4. The van der Waals surface area contributed by atoms with Crippen LogP contribution in [0.4, 0.5) is 10.0 Å². The Hall–Kier alpha value is -4.10. The zero-order chi connectivity index (χ0) is 23.8. The first-order valence-electron chi connectivity index (χ1n) is 9.54. The van der Waals surface area contributed by atoms with Crippen LogP contribution in [0.1, 0.15) is 0 Å². The number of hydrogen-bond donors (Lipinski definition) is 0. The van der Waals surface area contributed by atoms with Gasteiger partial charge in [0.25, 0.3) is 0 Å². The quantitative estimate of drug-likeness (QED) is 0.237. The lowest BCUT2D eigenvalue weighted by Gasteiger charge is -1.94. The minimum Gasteiger partial charge on any atom is -0.342 e. The van der Waals surface area contributed by atoms with Gasteiger partial charge in [0.15, 0.2) is 0 Å². The first kappa shape index (κ1) is 21.7. The van der Waals surface area contributed by atoms with E-state index in [-0.39, 0.29) is 11.4 Å². The predicted molar refractivity (Wildman–Crippen MR) is 139 cm³/mol. The first-order chi connectivity index (χ1) is 16.5. The maximum atomic E-state index is 8.93. The molecule has 0 radical (unpaired) electrons. The topological polar surface area (TPSA) is 125 Å². The summed E-state index contributed by atoms with van der Waals surface area (Å²) in [5.74, 6) is 0. The van der Waals surface area contributed by atoms with Gasteiger partial charge in [-0.05, 0) is 36.4 Å². The van der Waals surface area contributed by atoms with Crippen molar-refractivity contribution in [2.75, 3.05) is 0 Å². The number of fused-ring (bicyclic) bond motifs is 3. The molecule has 0 aromatic carbocycles. The van der Waals surface area contributed by atoms with Gasteiger partial charge in [0.2, 0.25) is 11.4 Å². The Morgan fingerprint density at radius 3 is 1.44 bits per heavy atom. The number of aromatic nitrogens is 1. The van der Waals surface area contributed by atoms with Gasteiger partial charge in [-0.15, -0.1) is 45.3 Å². The third-order valence-corrected chi connectivity index (χ3v) is 9.65.